The van der Waals surface area contributed by atoms with Gasteiger partial charge in [0.15, 0.2) is 0 Å². The summed E-state index contributed by atoms with van der Waals surface area (Å²) >= 11 is 1.64. The van der Waals surface area contributed by atoms with Gasteiger partial charge in [0.05, 0.1) is 11.4 Å². The number of aryl methyl sites for hydroxylation is 1. The molecule has 0 amide bonds. The topological polar surface area (TPSA) is 37.8 Å². The molecule has 0 fully saturated rings. The fraction of sp³-hybridized carbons (Fsp3) is 0.273. The molecule has 4 heteroatoms. The molecule has 78 valence electrons. The molecular weight excluding hydrogens is 206 g/mol. The Bertz CT molecular complexity index is 451. The van der Waals surface area contributed by atoms with Crippen molar-refractivity contribution in [1.29, 1.82) is 0 Å². The van der Waals surface area contributed by atoms with Crippen LogP contribution in [0.5, 0.6) is 0 Å². The Morgan fingerprint density at radius 1 is 1.33 bits per heavy atom. The van der Waals surface area contributed by atoms with Crippen LogP contribution in [-0.2, 0) is 6.54 Å². The number of pyridine rings is 1. The van der Waals surface area contributed by atoms with Crippen molar-refractivity contribution in [3.05, 3.63) is 35.0 Å². The standard InChI is InChI=1S/C11H13N3S/c1-8-4-3-5-10(13-8)11-14-9(6-12-2)7-15-11/h3-5,7,12H,6H2,1-2H3. The fourth-order valence-corrected chi connectivity index (χ4v) is 2.14. The van der Waals surface area contributed by atoms with Crippen molar-refractivity contribution in [2.75, 3.05) is 7.05 Å². The zero-order chi connectivity index (χ0) is 10.7. The van der Waals surface area contributed by atoms with E-state index in [1.54, 1.807) is 11.3 Å². The Labute approximate surface area is 93.2 Å². The summed E-state index contributed by atoms with van der Waals surface area (Å²) < 4.78 is 0. The van der Waals surface area contributed by atoms with E-state index in [-0.39, 0.29) is 0 Å². The molecule has 0 spiro atoms. The van der Waals surface area contributed by atoms with Crippen molar-refractivity contribution < 1.29 is 0 Å². The lowest BCUT2D eigenvalue weighted by Gasteiger charge is -1.96. The van der Waals surface area contributed by atoms with Crippen LogP contribution in [0.3, 0.4) is 0 Å². The van der Waals surface area contributed by atoms with E-state index in [1.807, 2.05) is 32.2 Å². The molecule has 0 atom stereocenters. The minimum absolute atomic E-state index is 0.808. The third-order valence-electron chi connectivity index (χ3n) is 2.02. The van der Waals surface area contributed by atoms with Crippen molar-refractivity contribution in [3.63, 3.8) is 0 Å². The van der Waals surface area contributed by atoms with Gasteiger partial charge >= 0.3 is 0 Å². The molecule has 2 rings (SSSR count). The highest BCUT2D eigenvalue weighted by Crippen LogP contribution is 2.21. The number of thiazole rings is 1. The highest BCUT2D eigenvalue weighted by molar-refractivity contribution is 7.13. The van der Waals surface area contributed by atoms with Crippen LogP contribution in [0.15, 0.2) is 23.6 Å². The van der Waals surface area contributed by atoms with E-state index >= 15 is 0 Å². The van der Waals surface area contributed by atoms with Gasteiger partial charge in [0.2, 0.25) is 0 Å². The second-order valence-electron chi connectivity index (χ2n) is 3.34. The number of hydrogen-bond acceptors (Lipinski definition) is 4. The van der Waals surface area contributed by atoms with Crippen LogP contribution in [0.4, 0.5) is 0 Å². The van der Waals surface area contributed by atoms with Crippen LogP contribution in [0, 0.1) is 6.92 Å². The summed E-state index contributed by atoms with van der Waals surface area (Å²) in [6.07, 6.45) is 0. The van der Waals surface area contributed by atoms with Crippen molar-refractivity contribution in [1.82, 2.24) is 15.3 Å². The summed E-state index contributed by atoms with van der Waals surface area (Å²) in [7, 11) is 1.92. The lowest BCUT2D eigenvalue weighted by molar-refractivity contribution is 0.798. The van der Waals surface area contributed by atoms with Gasteiger partial charge < -0.3 is 5.32 Å². The largest absolute Gasteiger partial charge is 0.314 e. The van der Waals surface area contributed by atoms with E-state index in [0.717, 1.165) is 28.6 Å². The Kier molecular flexibility index (Phi) is 3.08. The summed E-state index contributed by atoms with van der Waals surface area (Å²) in [6.45, 7) is 2.80. The van der Waals surface area contributed by atoms with Gasteiger partial charge in [-0.2, -0.15) is 0 Å². The lowest BCUT2D eigenvalue weighted by atomic mass is 10.3. The molecule has 0 aliphatic rings. The first-order valence-electron chi connectivity index (χ1n) is 4.82. The zero-order valence-corrected chi connectivity index (χ0v) is 9.64. The minimum Gasteiger partial charge on any atom is -0.314 e. The Hall–Kier alpha value is -1.26. The van der Waals surface area contributed by atoms with Crippen LogP contribution in [0.1, 0.15) is 11.4 Å². The summed E-state index contributed by atoms with van der Waals surface area (Å²) in [6, 6.07) is 6.00. The first-order chi connectivity index (χ1) is 7.29. The van der Waals surface area contributed by atoms with Gasteiger partial charge in [0.25, 0.3) is 0 Å². The summed E-state index contributed by atoms with van der Waals surface area (Å²) in [5.41, 5.74) is 3.06. The Morgan fingerprint density at radius 3 is 2.93 bits per heavy atom. The quantitative estimate of drug-likeness (QED) is 0.860. The second-order valence-corrected chi connectivity index (χ2v) is 4.20. The van der Waals surface area contributed by atoms with E-state index in [9.17, 15) is 0 Å². The Balaban J connectivity index is 2.29. The molecule has 2 heterocycles. The van der Waals surface area contributed by atoms with Crippen LogP contribution in [-0.4, -0.2) is 17.0 Å². The van der Waals surface area contributed by atoms with Crippen LogP contribution >= 0.6 is 11.3 Å². The van der Waals surface area contributed by atoms with Crippen LogP contribution in [0.25, 0.3) is 10.7 Å². The molecule has 0 saturated carbocycles. The second kappa shape index (κ2) is 4.51. The first kappa shape index (κ1) is 10.3. The predicted octanol–water partition coefficient (Wildman–Crippen LogP) is 2.23. The summed E-state index contributed by atoms with van der Waals surface area (Å²) in [5, 5.41) is 6.14. The molecule has 2 aromatic rings. The third-order valence-corrected chi connectivity index (χ3v) is 2.93. The van der Waals surface area contributed by atoms with Crippen molar-refractivity contribution in [3.8, 4) is 10.7 Å². The summed E-state index contributed by atoms with van der Waals surface area (Å²) in [4.78, 5) is 8.95. The average molecular weight is 219 g/mol. The van der Waals surface area contributed by atoms with Gasteiger partial charge in [-0.15, -0.1) is 11.3 Å². The maximum atomic E-state index is 4.50. The van der Waals surface area contributed by atoms with Gasteiger partial charge in [-0.1, -0.05) is 6.07 Å². The molecule has 0 saturated heterocycles. The van der Waals surface area contributed by atoms with E-state index < -0.39 is 0 Å². The first-order valence-corrected chi connectivity index (χ1v) is 5.70. The molecule has 2 aromatic heterocycles. The Morgan fingerprint density at radius 2 is 2.20 bits per heavy atom. The molecule has 0 aliphatic carbocycles. The molecule has 0 bridgehead atoms. The van der Waals surface area contributed by atoms with Crippen LogP contribution < -0.4 is 5.32 Å². The van der Waals surface area contributed by atoms with Gasteiger partial charge in [-0.05, 0) is 26.1 Å². The molecule has 0 unspecified atom stereocenters. The number of nitrogens with one attached hydrogen (secondary N) is 1. The minimum atomic E-state index is 0.808. The van der Waals surface area contributed by atoms with E-state index in [2.05, 4.69) is 20.7 Å². The normalized spacial score (nSPS) is 10.5. The summed E-state index contributed by atoms with van der Waals surface area (Å²) in [5.74, 6) is 0. The smallest absolute Gasteiger partial charge is 0.142 e. The van der Waals surface area contributed by atoms with Crippen molar-refractivity contribution in [2.45, 2.75) is 13.5 Å². The SMILES string of the molecule is CNCc1csc(-c2cccc(C)n2)n1. The van der Waals surface area contributed by atoms with E-state index in [4.69, 9.17) is 0 Å². The fourth-order valence-electron chi connectivity index (χ4n) is 1.35. The highest BCUT2D eigenvalue weighted by atomic mass is 32.1. The number of nitrogens with zero attached hydrogens (tertiary/aromatic N) is 2. The third kappa shape index (κ3) is 2.40. The number of aromatic nitrogens is 2. The molecule has 0 aromatic carbocycles. The molecule has 15 heavy (non-hydrogen) atoms. The van der Waals surface area contributed by atoms with Gasteiger partial charge in [0.1, 0.15) is 5.01 Å². The molecular formula is C11H13N3S. The van der Waals surface area contributed by atoms with Crippen molar-refractivity contribution in [2.24, 2.45) is 0 Å². The van der Waals surface area contributed by atoms with E-state index in [1.165, 1.54) is 0 Å². The monoisotopic (exact) mass is 219 g/mol. The van der Waals surface area contributed by atoms with Gasteiger partial charge in [-0.25, -0.2) is 4.98 Å². The van der Waals surface area contributed by atoms with E-state index in [0.29, 0.717) is 0 Å². The molecule has 3 nitrogen and oxygen atoms in total. The van der Waals surface area contributed by atoms with Gasteiger partial charge in [-0.3, -0.25) is 4.98 Å². The molecule has 1 N–H and O–H groups in total. The molecule has 0 radical (unpaired) electrons. The maximum Gasteiger partial charge on any atom is 0.142 e. The average Bonchev–Trinajstić information content (AvgIpc) is 2.67. The molecule has 0 aliphatic heterocycles. The predicted molar refractivity (Wildman–Crippen MR) is 62.8 cm³/mol. The lowest BCUT2D eigenvalue weighted by Crippen LogP contribution is -2.04. The number of hydrogen-bond donors (Lipinski definition) is 1. The van der Waals surface area contributed by atoms with Crippen molar-refractivity contribution >= 4 is 11.3 Å². The maximum absolute atomic E-state index is 4.50. The highest BCUT2D eigenvalue weighted by Gasteiger charge is 2.05. The number of rotatable bonds is 3. The zero-order valence-electron chi connectivity index (χ0n) is 8.82. The van der Waals surface area contributed by atoms with Crippen LogP contribution in [0.2, 0.25) is 0 Å². The van der Waals surface area contributed by atoms with Gasteiger partial charge in [0, 0.05) is 17.6 Å².